The lowest BCUT2D eigenvalue weighted by Gasteiger charge is -2.43. The highest BCUT2D eigenvalue weighted by atomic mass is 16.4. The van der Waals surface area contributed by atoms with E-state index in [0.717, 1.165) is 44.5 Å². The summed E-state index contributed by atoms with van der Waals surface area (Å²) >= 11 is 0. The number of phenolic OH excluding ortho intramolecular Hbond substituents is 1. The molecule has 1 aliphatic heterocycles. The predicted octanol–water partition coefficient (Wildman–Crippen LogP) is 5.59. The van der Waals surface area contributed by atoms with Crippen LogP contribution in [-0.2, 0) is 18.4 Å². The highest BCUT2D eigenvalue weighted by Crippen LogP contribution is 2.43. The Balaban J connectivity index is 1.43. The number of aromatic nitrogens is 2. The van der Waals surface area contributed by atoms with Crippen LogP contribution in [0.3, 0.4) is 0 Å². The molecule has 0 saturated carbocycles. The van der Waals surface area contributed by atoms with E-state index in [1.165, 1.54) is 16.7 Å². The second-order valence-corrected chi connectivity index (χ2v) is 8.83. The van der Waals surface area contributed by atoms with E-state index in [9.17, 15) is 5.11 Å². The molecule has 2 heterocycles. The molecule has 1 aromatic heterocycles. The first-order chi connectivity index (χ1) is 16.2. The fourth-order valence-corrected chi connectivity index (χ4v) is 4.93. The normalized spacial score (nSPS) is 16.0. The maximum absolute atomic E-state index is 10.2. The Bertz CT molecular complexity index is 1190. The largest absolute Gasteiger partial charge is 0.508 e. The fraction of sp³-hybridized carbons (Fsp3) is 0.286. The number of likely N-dealkylation sites (tertiary alicyclic amines) is 1. The van der Waals surface area contributed by atoms with Crippen LogP contribution >= 0.6 is 0 Å². The van der Waals surface area contributed by atoms with Crippen LogP contribution < -0.4 is 0 Å². The van der Waals surface area contributed by atoms with Gasteiger partial charge in [0, 0.05) is 23.9 Å². The van der Waals surface area contributed by atoms with Crippen LogP contribution in [0.2, 0.25) is 0 Å². The van der Waals surface area contributed by atoms with Gasteiger partial charge in [-0.25, -0.2) is 0 Å². The number of aromatic hydroxyl groups is 1. The number of hydrogen-bond acceptors (Lipinski definition) is 5. The molecule has 1 fully saturated rings. The summed E-state index contributed by atoms with van der Waals surface area (Å²) in [5.74, 6) is 1.52. The van der Waals surface area contributed by atoms with E-state index in [2.05, 4.69) is 75.8 Å². The lowest BCUT2D eigenvalue weighted by atomic mass is 9.68. The van der Waals surface area contributed by atoms with Gasteiger partial charge in [0.2, 0.25) is 11.8 Å². The monoisotopic (exact) mass is 439 g/mol. The van der Waals surface area contributed by atoms with Gasteiger partial charge in [-0.05, 0) is 66.9 Å². The van der Waals surface area contributed by atoms with Gasteiger partial charge < -0.3 is 9.52 Å². The molecule has 0 unspecified atom stereocenters. The van der Waals surface area contributed by atoms with E-state index in [1.807, 2.05) is 19.1 Å². The summed E-state index contributed by atoms with van der Waals surface area (Å²) in [5, 5.41) is 18.5. The molecular weight excluding hydrogens is 410 g/mol. The second kappa shape index (κ2) is 9.20. The Morgan fingerprint density at radius 3 is 2.30 bits per heavy atom. The van der Waals surface area contributed by atoms with E-state index >= 15 is 0 Å². The van der Waals surface area contributed by atoms with Crippen molar-refractivity contribution in [1.82, 2.24) is 15.1 Å². The number of nitrogens with zero attached hydrogens (tertiary/aromatic N) is 3. The Morgan fingerprint density at radius 2 is 1.64 bits per heavy atom. The van der Waals surface area contributed by atoms with Gasteiger partial charge in [-0.3, -0.25) is 4.90 Å². The Hall–Kier alpha value is -3.44. The Morgan fingerprint density at radius 1 is 0.879 bits per heavy atom. The molecule has 5 nitrogen and oxygen atoms in total. The minimum Gasteiger partial charge on any atom is -0.508 e. The van der Waals surface area contributed by atoms with Gasteiger partial charge in [-0.1, -0.05) is 61.5 Å². The Kier molecular flexibility index (Phi) is 5.97. The fourth-order valence-electron chi connectivity index (χ4n) is 4.93. The third kappa shape index (κ3) is 4.41. The predicted molar refractivity (Wildman–Crippen MR) is 129 cm³/mol. The van der Waals surface area contributed by atoms with Gasteiger partial charge in [0.25, 0.3) is 0 Å². The summed E-state index contributed by atoms with van der Waals surface area (Å²) in [6.07, 6.45) is 2.71. The topological polar surface area (TPSA) is 62.4 Å². The average molecular weight is 440 g/mol. The molecule has 0 spiro atoms. The van der Waals surface area contributed by atoms with Crippen LogP contribution in [0.1, 0.15) is 42.3 Å². The molecule has 3 aromatic carbocycles. The lowest BCUT2D eigenvalue weighted by molar-refractivity contribution is 0.172. The molecule has 5 heteroatoms. The molecule has 1 saturated heterocycles. The number of aryl methyl sites for hydroxylation is 1. The molecule has 0 bridgehead atoms. The van der Waals surface area contributed by atoms with E-state index in [1.54, 1.807) is 6.07 Å². The number of hydrogen-bond donors (Lipinski definition) is 1. The number of phenols is 1. The van der Waals surface area contributed by atoms with E-state index in [0.29, 0.717) is 17.5 Å². The summed E-state index contributed by atoms with van der Waals surface area (Å²) in [5.41, 5.74) is 4.55. The van der Waals surface area contributed by atoms with Crippen LogP contribution in [-0.4, -0.2) is 33.3 Å². The first kappa shape index (κ1) is 21.4. The minimum atomic E-state index is -0.145. The lowest BCUT2D eigenvalue weighted by Crippen LogP contribution is -2.43. The summed E-state index contributed by atoms with van der Waals surface area (Å²) < 4.78 is 5.74. The summed E-state index contributed by atoms with van der Waals surface area (Å²) in [7, 11) is 0. The zero-order valence-electron chi connectivity index (χ0n) is 18.9. The van der Waals surface area contributed by atoms with Gasteiger partial charge >= 0.3 is 0 Å². The maximum Gasteiger partial charge on any atom is 0.247 e. The molecule has 33 heavy (non-hydrogen) atoms. The van der Waals surface area contributed by atoms with Crippen LogP contribution in [0, 0.1) is 0 Å². The van der Waals surface area contributed by atoms with Crippen LogP contribution in [0.4, 0.5) is 0 Å². The van der Waals surface area contributed by atoms with Gasteiger partial charge in [-0.2, -0.15) is 0 Å². The number of piperidine rings is 1. The molecular formula is C28H29N3O2. The van der Waals surface area contributed by atoms with Crippen molar-refractivity contribution >= 4 is 0 Å². The maximum atomic E-state index is 10.2. The van der Waals surface area contributed by atoms with Crippen molar-refractivity contribution in [3.8, 4) is 17.2 Å². The number of rotatable bonds is 6. The molecule has 0 aliphatic carbocycles. The van der Waals surface area contributed by atoms with E-state index in [4.69, 9.17) is 4.42 Å². The van der Waals surface area contributed by atoms with Crippen LogP contribution in [0.25, 0.3) is 11.5 Å². The molecule has 0 radical (unpaired) electrons. The van der Waals surface area contributed by atoms with Crippen molar-refractivity contribution in [2.45, 2.75) is 38.1 Å². The first-order valence-electron chi connectivity index (χ1n) is 11.7. The molecule has 0 amide bonds. The molecule has 0 atom stereocenters. The highest BCUT2D eigenvalue weighted by molar-refractivity contribution is 5.55. The van der Waals surface area contributed by atoms with Crippen molar-refractivity contribution in [2.75, 3.05) is 13.1 Å². The smallest absolute Gasteiger partial charge is 0.247 e. The molecule has 1 N–H and O–H groups in total. The molecule has 5 rings (SSSR count). The van der Waals surface area contributed by atoms with Crippen LogP contribution in [0.15, 0.2) is 83.3 Å². The van der Waals surface area contributed by atoms with Crippen LogP contribution in [0.5, 0.6) is 5.75 Å². The Labute approximate surface area is 194 Å². The van der Waals surface area contributed by atoms with E-state index < -0.39 is 0 Å². The standard InChI is InChI=1S/C28H29N3O2/c1-2-26-29-30-27(33-26)22-11-13-23(14-12-22)28(24-9-6-10-25(32)19-24)15-17-31(18-16-28)20-21-7-4-3-5-8-21/h3-14,19,32H,2,15-18,20H2,1H3. The zero-order valence-corrected chi connectivity index (χ0v) is 18.9. The van der Waals surface area contributed by atoms with Gasteiger partial charge in [-0.15, -0.1) is 10.2 Å². The molecule has 4 aromatic rings. The quantitative estimate of drug-likeness (QED) is 0.424. The second-order valence-electron chi connectivity index (χ2n) is 8.83. The number of benzene rings is 3. The third-order valence-electron chi connectivity index (χ3n) is 6.81. The van der Waals surface area contributed by atoms with Crippen molar-refractivity contribution in [2.24, 2.45) is 0 Å². The van der Waals surface area contributed by atoms with Crippen molar-refractivity contribution in [3.63, 3.8) is 0 Å². The first-order valence-corrected chi connectivity index (χ1v) is 11.7. The minimum absolute atomic E-state index is 0.145. The summed E-state index contributed by atoms with van der Waals surface area (Å²) in [4.78, 5) is 2.52. The van der Waals surface area contributed by atoms with Crippen molar-refractivity contribution < 1.29 is 9.52 Å². The third-order valence-corrected chi connectivity index (χ3v) is 6.81. The van der Waals surface area contributed by atoms with E-state index in [-0.39, 0.29) is 5.41 Å². The highest BCUT2D eigenvalue weighted by Gasteiger charge is 2.38. The van der Waals surface area contributed by atoms with Crippen molar-refractivity contribution in [3.05, 3.63) is 101 Å². The summed E-state index contributed by atoms with van der Waals surface area (Å²) in [6.45, 7) is 4.96. The van der Waals surface area contributed by atoms with Gasteiger partial charge in [0.05, 0.1) is 0 Å². The summed E-state index contributed by atoms with van der Waals surface area (Å²) in [6, 6.07) is 26.9. The molecule has 168 valence electrons. The van der Waals surface area contributed by atoms with Crippen molar-refractivity contribution in [1.29, 1.82) is 0 Å². The molecule has 1 aliphatic rings. The zero-order chi connectivity index (χ0) is 22.7. The van der Waals surface area contributed by atoms with Gasteiger partial charge in [0.1, 0.15) is 5.75 Å². The SMILES string of the molecule is CCc1nnc(-c2ccc(C3(c4cccc(O)c4)CCN(Cc4ccccc4)CC3)cc2)o1. The average Bonchev–Trinajstić information content (AvgIpc) is 3.35. The van der Waals surface area contributed by atoms with Gasteiger partial charge in [0.15, 0.2) is 0 Å².